The molecule has 0 bridgehead atoms. The molecule has 0 radical (unpaired) electrons. The molecule has 7 heteroatoms. The summed E-state index contributed by atoms with van der Waals surface area (Å²) in [7, 11) is 1.61. The number of methoxy groups -OCH3 is 1. The van der Waals surface area contributed by atoms with Crippen LogP contribution in [0, 0.1) is 0 Å². The Kier molecular flexibility index (Phi) is 7.18. The summed E-state index contributed by atoms with van der Waals surface area (Å²) >= 11 is 10.3. The van der Waals surface area contributed by atoms with Crippen LogP contribution in [-0.2, 0) is 11.4 Å². The maximum atomic E-state index is 12.7. The highest BCUT2D eigenvalue weighted by Gasteiger charge is 2.31. The number of nitrogens with zero attached hydrogens (tertiary/aromatic N) is 1. The molecule has 1 saturated heterocycles. The van der Waals surface area contributed by atoms with Crippen molar-refractivity contribution in [3.63, 3.8) is 0 Å². The molecule has 0 spiro atoms. The van der Waals surface area contributed by atoms with Gasteiger partial charge in [0.15, 0.2) is 11.5 Å². The van der Waals surface area contributed by atoms with E-state index in [9.17, 15) is 4.79 Å². The summed E-state index contributed by atoms with van der Waals surface area (Å²) in [5.74, 6) is 1.17. The van der Waals surface area contributed by atoms with Gasteiger partial charge >= 0.3 is 0 Å². The van der Waals surface area contributed by atoms with Crippen LogP contribution in [0.3, 0.4) is 0 Å². The van der Waals surface area contributed by atoms with Crippen molar-refractivity contribution in [2.24, 2.45) is 0 Å². The molecule has 4 rings (SSSR count). The number of benzene rings is 3. The van der Waals surface area contributed by atoms with Crippen molar-refractivity contribution in [3.05, 3.63) is 75.1 Å². The van der Waals surface area contributed by atoms with Gasteiger partial charge in [0.05, 0.1) is 16.5 Å². The number of hydrogen-bond donors (Lipinski definition) is 0. The number of carbonyl (C=O) groups excluding carboxylic acids is 1. The maximum absolute atomic E-state index is 12.7. The molecule has 164 valence electrons. The van der Waals surface area contributed by atoms with Crippen molar-refractivity contribution in [1.29, 1.82) is 0 Å². The zero-order valence-corrected chi connectivity index (χ0v) is 21.0. The number of thioether (sulfide) groups is 1. The van der Waals surface area contributed by atoms with Crippen molar-refractivity contribution in [2.45, 2.75) is 20.0 Å². The van der Waals surface area contributed by atoms with Crippen LogP contribution in [0.5, 0.6) is 11.5 Å². The quantitative estimate of drug-likeness (QED) is 0.249. The molecule has 0 saturated carbocycles. The third-order valence-corrected chi connectivity index (χ3v) is 7.09. The molecule has 0 N–H and O–H groups in total. The van der Waals surface area contributed by atoms with Crippen molar-refractivity contribution < 1.29 is 14.3 Å². The van der Waals surface area contributed by atoms with Crippen molar-refractivity contribution in [2.75, 3.05) is 13.7 Å². The Hall–Kier alpha value is -2.35. The number of carbonyl (C=O) groups is 1. The van der Waals surface area contributed by atoms with Crippen molar-refractivity contribution in [3.8, 4) is 11.5 Å². The number of ether oxygens (including phenoxy) is 2. The van der Waals surface area contributed by atoms with Crippen LogP contribution in [-0.4, -0.2) is 28.8 Å². The largest absolute Gasteiger partial charge is 0.493 e. The molecule has 0 aliphatic carbocycles. The Bertz CT molecular complexity index is 1220. The molecule has 1 heterocycles. The van der Waals surface area contributed by atoms with E-state index in [0.717, 1.165) is 27.4 Å². The minimum Gasteiger partial charge on any atom is -0.493 e. The molecular weight excluding hydrogens is 506 g/mol. The van der Waals surface area contributed by atoms with E-state index < -0.39 is 0 Å². The fourth-order valence-electron chi connectivity index (χ4n) is 3.60. The first kappa shape index (κ1) is 22.8. The summed E-state index contributed by atoms with van der Waals surface area (Å²) in [6.07, 6.45) is 2.71. The zero-order chi connectivity index (χ0) is 22.7. The first-order valence-corrected chi connectivity index (χ1v) is 12.3. The fraction of sp³-hybridized carbons (Fsp3) is 0.200. The molecule has 0 aromatic heterocycles. The molecule has 3 aromatic carbocycles. The summed E-state index contributed by atoms with van der Waals surface area (Å²) in [5, 5.41) is 2.34. The molecule has 1 aliphatic heterocycles. The smallest absolute Gasteiger partial charge is 0.266 e. The lowest BCUT2D eigenvalue weighted by Crippen LogP contribution is -2.28. The molecule has 1 aliphatic rings. The molecule has 32 heavy (non-hydrogen) atoms. The Labute approximate surface area is 205 Å². The topological polar surface area (TPSA) is 38.8 Å². The number of thiocarbonyl (C=S) groups is 1. The highest BCUT2D eigenvalue weighted by atomic mass is 79.9. The van der Waals surface area contributed by atoms with Gasteiger partial charge in [0.2, 0.25) is 0 Å². The second-order valence-electron chi connectivity index (χ2n) is 7.29. The van der Waals surface area contributed by atoms with E-state index in [2.05, 4.69) is 40.2 Å². The highest BCUT2D eigenvalue weighted by Crippen LogP contribution is 2.39. The Morgan fingerprint density at radius 1 is 1.16 bits per heavy atom. The minimum atomic E-state index is -0.0479. The average molecular weight is 528 g/mol. The third kappa shape index (κ3) is 4.70. The standard InChI is InChI=1S/C25H22BrNO3S2/c1-3-11-27-24(28)22(32-25(27)31)14-16-12-20(26)23(21(13-16)29-2)30-15-18-9-6-8-17-7-4-5-10-19(17)18/h4-10,12-14H,3,11,15H2,1-2H3/b22-14+. The lowest BCUT2D eigenvalue weighted by atomic mass is 10.1. The Morgan fingerprint density at radius 3 is 2.72 bits per heavy atom. The first-order valence-electron chi connectivity index (χ1n) is 10.2. The summed E-state index contributed by atoms with van der Waals surface area (Å²) in [6, 6.07) is 18.2. The van der Waals surface area contributed by atoms with E-state index in [0.29, 0.717) is 33.9 Å². The van der Waals surface area contributed by atoms with E-state index in [1.165, 1.54) is 17.1 Å². The average Bonchev–Trinajstić information content (AvgIpc) is 3.05. The van der Waals surface area contributed by atoms with Gasteiger partial charge in [0.25, 0.3) is 5.91 Å². The second-order valence-corrected chi connectivity index (χ2v) is 9.82. The van der Waals surface area contributed by atoms with E-state index in [-0.39, 0.29) is 5.91 Å². The van der Waals surface area contributed by atoms with Gasteiger partial charge in [-0.2, -0.15) is 0 Å². The van der Waals surface area contributed by atoms with Gasteiger partial charge in [0, 0.05) is 6.54 Å². The SMILES string of the molecule is CCCN1C(=O)/C(=C\c2cc(Br)c(OCc3cccc4ccccc34)c(OC)c2)SC1=S. The van der Waals surface area contributed by atoms with Crippen LogP contribution in [0.25, 0.3) is 16.8 Å². The van der Waals surface area contributed by atoms with Crippen LogP contribution in [0.1, 0.15) is 24.5 Å². The first-order chi connectivity index (χ1) is 15.5. The molecule has 0 unspecified atom stereocenters. The van der Waals surface area contributed by atoms with Crippen LogP contribution in [0.2, 0.25) is 0 Å². The third-order valence-electron chi connectivity index (χ3n) is 5.12. The summed E-state index contributed by atoms with van der Waals surface area (Å²) in [5.41, 5.74) is 1.93. The van der Waals surface area contributed by atoms with Crippen LogP contribution in [0.4, 0.5) is 0 Å². The summed E-state index contributed by atoms with van der Waals surface area (Å²) < 4.78 is 13.1. The predicted molar refractivity (Wildman–Crippen MR) is 139 cm³/mol. The van der Waals surface area contributed by atoms with E-state index in [1.54, 1.807) is 12.0 Å². The molecular formula is C25H22BrNO3S2. The van der Waals surface area contributed by atoms with Gasteiger partial charge in [-0.15, -0.1) is 0 Å². The molecule has 1 amide bonds. The van der Waals surface area contributed by atoms with Gasteiger partial charge in [-0.05, 0) is 62.5 Å². The maximum Gasteiger partial charge on any atom is 0.266 e. The van der Waals surface area contributed by atoms with Crippen molar-refractivity contribution >= 4 is 67.0 Å². The van der Waals surface area contributed by atoms with Crippen LogP contribution < -0.4 is 9.47 Å². The molecule has 1 fully saturated rings. The van der Waals surface area contributed by atoms with Gasteiger partial charge in [-0.25, -0.2) is 0 Å². The van der Waals surface area contributed by atoms with E-state index in [1.807, 2.05) is 43.3 Å². The van der Waals surface area contributed by atoms with Crippen molar-refractivity contribution in [1.82, 2.24) is 4.90 Å². The molecule has 0 atom stereocenters. The Morgan fingerprint density at radius 2 is 1.94 bits per heavy atom. The lowest BCUT2D eigenvalue weighted by molar-refractivity contribution is -0.122. The van der Waals surface area contributed by atoms with Gasteiger partial charge in [0.1, 0.15) is 10.9 Å². The minimum absolute atomic E-state index is 0.0479. The molecule has 3 aromatic rings. The number of fused-ring (bicyclic) bond motifs is 1. The van der Waals surface area contributed by atoms with Gasteiger partial charge < -0.3 is 9.47 Å². The van der Waals surface area contributed by atoms with Gasteiger partial charge in [-0.3, -0.25) is 9.69 Å². The summed E-state index contributed by atoms with van der Waals surface area (Å²) in [4.78, 5) is 14.9. The Balaban J connectivity index is 1.59. The monoisotopic (exact) mass is 527 g/mol. The highest BCUT2D eigenvalue weighted by molar-refractivity contribution is 9.10. The number of rotatable bonds is 7. The number of hydrogen-bond acceptors (Lipinski definition) is 5. The van der Waals surface area contributed by atoms with E-state index >= 15 is 0 Å². The number of halogens is 1. The second kappa shape index (κ2) is 10.1. The summed E-state index contributed by atoms with van der Waals surface area (Å²) in [6.45, 7) is 3.07. The normalized spacial score (nSPS) is 15.1. The zero-order valence-electron chi connectivity index (χ0n) is 17.8. The van der Waals surface area contributed by atoms with E-state index in [4.69, 9.17) is 21.7 Å². The number of amides is 1. The van der Waals surface area contributed by atoms with Crippen LogP contribution >= 0.6 is 39.9 Å². The lowest BCUT2D eigenvalue weighted by Gasteiger charge is -2.15. The fourth-order valence-corrected chi connectivity index (χ4v) is 5.48. The van der Waals surface area contributed by atoms with Gasteiger partial charge in [-0.1, -0.05) is 73.4 Å². The van der Waals surface area contributed by atoms with Crippen LogP contribution in [0.15, 0.2) is 64.0 Å². The molecule has 4 nitrogen and oxygen atoms in total. The predicted octanol–water partition coefficient (Wildman–Crippen LogP) is 6.80.